The van der Waals surface area contributed by atoms with Crippen LogP contribution >= 0.6 is 15.9 Å². The lowest BCUT2D eigenvalue weighted by atomic mass is 9.83. The molecule has 1 fully saturated rings. The summed E-state index contributed by atoms with van der Waals surface area (Å²) >= 11 is 3.65. The Kier molecular flexibility index (Phi) is 3.92. The molecule has 3 rings (SSSR count). The molecule has 1 aromatic rings. The van der Waals surface area contributed by atoms with Crippen molar-refractivity contribution in [2.24, 2.45) is 5.92 Å². The number of likely N-dealkylation sites (tertiary alicyclic amines) is 1. The highest BCUT2D eigenvalue weighted by Gasteiger charge is 2.30. The summed E-state index contributed by atoms with van der Waals surface area (Å²) in [7, 11) is 0. The maximum atomic E-state index is 12.6. The van der Waals surface area contributed by atoms with Crippen LogP contribution in [0.2, 0.25) is 0 Å². The van der Waals surface area contributed by atoms with E-state index in [4.69, 9.17) is 0 Å². The van der Waals surface area contributed by atoms with E-state index in [1.54, 1.807) is 0 Å². The van der Waals surface area contributed by atoms with E-state index in [0.717, 1.165) is 38.8 Å². The molecular weight excluding hydrogens is 302 g/mol. The van der Waals surface area contributed by atoms with Gasteiger partial charge >= 0.3 is 0 Å². The Labute approximate surface area is 123 Å². The van der Waals surface area contributed by atoms with Gasteiger partial charge in [-0.2, -0.15) is 0 Å². The van der Waals surface area contributed by atoms with E-state index in [1.807, 2.05) is 0 Å². The smallest absolute Gasteiger partial charge is 0.226 e. The molecule has 1 heterocycles. The molecule has 0 saturated carbocycles. The van der Waals surface area contributed by atoms with Crippen molar-refractivity contribution in [3.63, 3.8) is 0 Å². The number of benzene rings is 1. The summed E-state index contributed by atoms with van der Waals surface area (Å²) in [6, 6.07) is 8.56. The molecule has 1 aliphatic heterocycles. The van der Waals surface area contributed by atoms with Gasteiger partial charge in [0.1, 0.15) is 0 Å². The summed E-state index contributed by atoms with van der Waals surface area (Å²) in [5, 5.41) is 0. The van der Waals surface area contributed by atoms with E-state index in [0.29, 0.717) is 10.7 Å². The van der Waals surface area contributed by atoms with Gasteiger partial charge in [0.2, 0.25) is 5.91 Å². The molecule has 0 N–H and O–H groups in total. The van der Waals surface area contributed by atoms with Gasteiger partial charge in [0, 0.05) is 23.8 Å². The topological polar surface area (TPSA) is 20.3 Å². The number of aryl methyl sites for hydroxylation is 1. The summed E-state index contributed by atoms with van der Waals surface area (Å²) in [6.45, 7) is 1.83. The minimum Gasteiger partial charge on any atom is -0.341 e. The number of halogens is 1. The predicted molar refractivity (Wildman–Crippen MR) is 80.5 cm³/mol. The number of piperidine rings is 1. The van der Waals surface area contributed by atoms with Crippen LogP contribution in [0.1, 0.15) is 30.4 Å². The molecule has 3 heteroatoms. The van der Waals surface area contributed by atoms with Gasteiger partial charge in [-0.3, -0.25) is 4.79 Å². The third-order valence-corrected chi connectivity index (χ3v) is 5.12. The summed E-state index contributed by atoms with van der Waals surface area (Å²) < 4.78 is 0. The van der Waals surface area contributed by atoms with Gasteiger partial charge in [0.05, 0.1) is 0 Å². The van der Waals surface area contributed by atoms with Crippen LogP contribution in [-0.2, 0) is 17.6 Å². The van der Waals surface area contributed by atoms with Crippen LogP contribution in [-0.4, -0.2) is 28.7 Å². The standard InChI is InChI=1S/C16H20BrNO/c17-15-6-3-9-18(11-15)16(19)14-8-7-12-4-1-2-5-13(12)10-14/h1-2,4-5,14-15H,3,6-11H2. The van der Waals surface area contributed by atoms with Crippen LogP contribution in [0, 0.1) is 5.92 Å². The number of carbonyl (C=O) groups excluding carboxylic acids is 1. The molecular formula is C16H20BrNO. The zero-order valence-corrected chi connectivity index (χ0v) is 12.7. The minimum atomic E-state index is 0.202. The van der Waals surface area contributed by atoms with E-state index in [-0.39, 0.29) is 5.92 Å². The zero-order chi connectivity index (χ0) is 13.2. The Morgan fingerprint density at radius 2 is 2.00 bits per heavy atom. The summed E-state index contributed by atoms with van der Waals surface area (Å²) in [5.41, 5.74) is 2.81. The second kappa shape index (κ2) is 5.66. The van der Waals surface area contributed by atoms with Crippen molar-refractivity contribution in [2.45, 2.75) is 36.9 Å². The Hall–Kier alpha value is -0.830. The molecule has 1 saturated heterocycles. The van der Waals surface area contributed by atoms with Gasteiger partial charge < -0.3 is 4.90 Å². The van der Waals surface area contributed by atoms with Crippen molar-refractivity contribution in [1.82, 2.24) is 4.90 Å². The highest BCUT2D eigenvalue weighted by Crippen LogP contribution is 2.28. The quantitative estimate of drug-likeness (QED) is 0.727. The van der Waals surface area contributed by atoms with E-state index < -0.39 is 0 Å². The highest BCUT2D eigenvalue weighted by molar-refractivity contribution is 9.09. The van der Waals surface area contributed by atoms with Crippen LogP contribution < -0.4 is 0 Å². The number of amides is 1. The molecule has 1 aromatic carbocycles. The van der Waals surface area contributed by atoms with Crippen molar-refractivity contribution in [3.05, 3.63) is 35.4 Å². The summed E-state index contributed by atoms with van der Waals surface area (Å²) in [4.78, 5) is 15.2. The number of hydrogen-bond acceptors (Lipinski definition) is 1. The first kappa shape index (κ1) is 13.2. The van der Waals surface area contributed by atoms with Crippen molar-refractivity contribution in [2.75, 3.05) is 13.1 Å². The summed E-state index contributed by atoms with van der Waals surface area (Å²) in [5.74, 6) is 0.575. The lowest BCUT2D eigenvalue weighted by Crippen LogP contribution is -2.44. The largest absolute Gasteiger partial charge is 0.341 e. The van der Waals surface area contributed by atoms with E-state index in [2.05, 4.69) is 45.1 Å². The van der Waals surface area contributed by atoms with Crippen LogP contribution in [0.5, 0.6) is 0 Å². The first-order chi connectivity index (χ1) is 9.24. The molecule has 0 spiro atoms. The first-order valence-electron chi connectivity index (χ1n) is 7.23. The van der Waals surface area contributed by atoms with Gasteiger partial charge in [0.25, 0.3) is 0 Å². The second-order valence-corrected chi connectivity index (χ2v) is 7.03. The van der Waals surface area contributed by atoms with Gasteiger partial charge in [-0.25, -0.2) is 0 Å². The number of rotatable bonds is 1. The summed E-state index contributed by atoms with van der Waals surface area (Å²) in [6.07, 6.45) is 5.32. The first-order valence-corrected chi connectivity index (χ1v) is 8.15. The fourth-order valence-corrected chi connectivity index (χ4v) is 3.97. The SMILES string of the molecule is O=C(C1CCc2ccccc2C1)N1CCCC(Br)C1. The number of alkyl halides is 1. The molecule has 2 nitrogen and oxygen atoms in total. The van der Waals surface area contributed by atoms with Crippen LogP contribution in [0.4, 0.5) is 0 Å². The molecule has 0 aromatic heterocycles. The highest BCUT2D eigenvalue weighted by atomic mass is 79.9. The molecule has 102 valence electrons. The Bertz CT molecular complexity index is 474. The molecule has 0 radical (unpaired) electrons. The van der Waals surface area contributed by atoms with Gasteiger partial charge in [-0.1, -0.05) is 40.2 Å². The average Bonchev–Trinajstić information content (AvgIpc) is 2.46. The maximum absolute atomic E-state index is 12.6. The predicted octanol–water partition coefficient (Wildman–Crippen LogP) is 3.18. The third kappa shape index (κ3) is 2.86. The lowest BCUT2D eigenvalue weighted by Gasteiger charge is -2.34. The van der Waals surface area contributed by atoms with Crippen molar-refractivity contribution < 1.29 is 4.79 Å². The van der Waals surface area contributed by atoms with Crippen LogP contribution in [0.3, 0.4) is 0 Å². The van der Waals surface area contributed by atoms with Crippen LogP contribution in [0.25, 0.3) is 0 Å². The van der Waals surface area contributed by atoms with E-state index in [1.165, 1.54) is 17.5 Å². The molecule has 0 bridgehead atoms. The lowest BCUT2D eigenvalue weighted by molar-refractivity contribution is -0.136. The van der Waals surface area contributed by atoms with Gasteiger partial charge in [0.15, 0.2) is 0 Å². The van der Waals surface area contributed by atoms with Crippen LogP contribution in [0.15, 0.2) is 24.3 Å². The molecule has 19 heavy (non-hydrogen) atoms. The van der Waals surface area contributed by atoms with Gasteiger partial charge in [-0.15, -0.1) is 0 Å². The molecule has 1 aliphatic carbocycles. The van der Waals surface area contributed by atoms with E-state index in [9.17, 15) is 4.79 Å². The molecule has 2 aliphatic rings. The third-order valence-electron chi connectivity index (χ3n) is 4.37. The normalized spacial score (nSPS) is 26.9. The number of hydrogen-bond donors (Lipinski definition) is 0. The zero-order valence-electron chi connectivity index (χ0n) is 11.1. The Morgan fingerprint density at radius 3 is 2.79 bits per heavy atom. The van der Waals surface area contributed by atoms with Crippen molar-refractivity contribution in [1.29, 1.82) is 0 Å². The second-order valence-electron chi connectivity index (χ2n) is 5.73. The molecule has 2 atom stereocenters. The fraction of sp³-hybridized carbons (Fsp3) is 0.562. The maximum Gasteiger partial charge on any atom is 0.226 e. The van der Waals surface area contributed by atoms with Crippen molar-refractivity contribution in [3.8, 4) is 0 Å². The average molecular weight is 322 g/mol. The number of nitrogens with zero attached hydrogens (tertiary/aromatic N) is 1. The fourth-order valence-electron chi connectivity index (χ4n) is 3.29. The molecule has 1 amide bonds. The Balaban J connectivity index is 1.69. The molecule has 2 unspecified atom stereocenters. The number of fused-ring (bicyclic) bond motifs is 1. The van der Waals surface area contributed by atoms with E-state index >= 15 is 0 Å². The van der Waals surface area contributed by atoms with Crippen molar-refractivity contribution >= 4 is 21.8 Å². The monoisotopic (exact) mass is 321 g/mol. The Morgan fingerprint density at radius 1 is 1.21 bits per heavy atom. The minimum absolute atomic E-state index is 0.202. The number of carbonyl (C=O) groups is 1. The van der Waals surface area contributed by atoms with Gasteiger partial charge in [-0.05, 0) is 43.2 Å².